The molecule has 0 saturated heterocycles. The lowest BCUT2D eigenvalue weighted by molar-refractivity contribution is 0.219. The van der Waals surface area contributed by atoms with Gasteiger partial charge in [0.1, 0.15) is 11.9 Å². The fraction of sp³-hybridized carbons (Fsp3) is 0.111. The summed E-state index contributed by atoms with van der Waals surface area (Å²) in [5.74, 6) is -0.264. The normalized spacial score (nSPS) is 12.5. The van der Waals surface area contributed by atoms with Gasteiger partial charge in [0.15, 0.2) is 0 Å². The minimum Gasteiger partial charge on any atom is -0.384 e. The van der Waals surface area contributed by atoms with Crippen molar-refractivity contribution >= 4 is 22.5 Å². The summed E-state index contributed by atoms with van der Waals surface area (Å²) in [7, 11) is 0. The third-order valence-electron chi connectivity index (χ3n) is 3.63. The van der Waals surface area contributed by atoms with Crippen molar-refractivity contribution in [3.05, 3.63) is 77.6 Å². The summed E-state index contributed by atoms with van der Waals surface area (Å²) in [5, 5.41) is 12.0. The molecule has 1 unspecified atom stereocenters. The van der Waals surface area contributed by atoms with E-state index < -0.39 is 6.10 Å². The van der Waals surface area contributed by atoms with Gasteiger partial charge in [-0.1, -0.05) is 48.5 Å². The Hall–Kier alpha value is -1.84. The van der Waals surface area contributed by atoms with E-state index in [1.165, 1.54) is 6.07 Å². The van der Waals surface area contributed by atoms with Crippen LogP contribution in [0.3, 0.4) is 0 Å². The first-order valence-electron chi connectivity index (χ1n) is 6.70. The maximum absolute atomic E-state index is 13.9. The Morgan fingerprint density at radius 2 is 1.52 bits per heavy atom. The van der Waals surface area contributed by atoms with Gasteiger partial charge in [-0.15, -0.1) is 11.8 Å². The fourth-order valence-electron chi connectivity index (χ4n) is 2.58. The first-order chi connectivity index (χ1) is 10.2. The lowest BCUT2D eigenvalue weighted by Crippen LogP contribution is -2.02. The number of aliphatic hydroxyl groups excluding tert-OH is 1. The summed E-state index contributed by atoms with van der Waals surface area (Å²) < 4.78 is 13.9. The van der Waals surface area contributed by atoms with Crippen LogP contribution >= 0.6 is 11.8 Å². The molecule has 1 N–H and O–H groups in total. The van der Waals surface area contributed by atoms with Gasteiger partial charge >= 0.3 is 0 Å². The molecule has 0 saturated carbocycles. The molecule has 0 spiro atoms. The Bertz CT molecular complexity index is 785. The highest BCUT2D eigenvalue weighted by molar-refractivity contribution is 7.98. The molecule has 3 aromatic rings. The van der Waals surface area contributed by atoms with Crippen LogP contribution in [0.5, 0.6) is 0 Å². The van der Waals surface area contributed by atoms with Crippen molar-refractivity contribution in [3.63, 3.8) is 0 Å². The Morgan fingerprint density at radius 1 is 0.857 bits per heavy atom. The second-order valence-electron chi connectivity index (χ2n) is 4.83. The van der Waals surface area contributed by atoms with E-state index in [2.05, 4.69) is 0 Å². The van der Waals surface area contributed by atoms with Gasteiger partial charge in [-0.05, 0) is 34.9 Å². The average molecular weight is 298 g/mol. The second-order valence-corrected chi connectivity index (χ2v) is 5.67. The average Bonchev–Trinajstić information content (AvgIpc) is 2.55. The SMILES string of the molecule is CSc1ccccc1C(O)c1ccc(F)c2ccccc12. The molecule has 21 heavy (non-hydrogen) atoms. The standard InChI is InChI=1S/C18H15FOS/c1-21-17-9-5-4-8-15(17)18(20)14-10-11-16(19)13-7-3-2-6-12(13)14/h2-11,18,20H,1H3. The largest absolute Gasteiger partial charge is 0.384 e. The van der Waals surface area contributed by atoms with E-state index in [-0.39, 0.29) is 5.82 Å². The van der Waals surface area contributed by atoms with Crippen LogP contribution in [0.15, 0.2) is 65.6 Å². The van der Waals surface area contributed by atoms with Crippen LogP contribution in [0.1, 0.15) is 17.2 Å². The predicted octanol–water partition coefficient (Wildman–Crippen LogP) is 4.78. The summed E-state index contributed by atoms with van der Waals surface area (Å²) >= 11 is 1.59. The van der Waals surface area contributed by atoms with Crippen LogP contribution in [0.25, 0.3) is 10.8 Å². The monoisotopic (exact) mass is 298 g/mol. The lowest BCUT2D eigenvalue weighted by atomic mass is 9.95. The molecule has 1 nitrogen and oxygen atoms in total. The van der Waals surface area contributed by atoms with Crippen molar-refractivity contribution in [1.82, 2.24) is 0 Å². The van der Waals surface area contributed by atoms with E-state index in [1.54, 1.807) is 30.0 Å². The number of fused-ring (bicyclic) bond motifs is 1. The van der Waals surface area contributed by atoms with E-state index in [4.69, 9.17) is 0 Å². The molecule has 0 radical (unpaired) electrons. The highest BCUT2D eigenvalue weighted by atomic mass is 32.2. The molecule has 0 aromatic heterocycles. The number of thioether (sulfide) groups is 1. The van der Waals surface area contributed by atoms with Crippen molar-refractivity contribution in [3.8, 4) is 0 Å². The summed E-state index contributed by atoms with van der Waals surface area (Å²) in [4.78, 5) is 1.03. The van der Waals surface area contributed by atoms with Gasteiger partial charge in [-0.3, -0.25) is 0 Å². The number of hydrogen-bond acceptors (Lipinski definition) is 2. The molecule has 0 aliphatic heterocycles. The molecule has 3 heteroatoms. The number of halogens is 1. The molecule has 3 aromatic carbocycles. The Morgan fingerprint density at radius 3 is 2.29 bits per heavy atom. The maximum Gasteiger partial charge on any atom is 0.131 e. The molecule has 1 atom stereocenters. The zero-order valence-electron chi connectivity index (χ0n) is 11.6. The van der Waals surface area contributed by atoms with E-state index >= 15 is 0 Å². The smallest absolute Gasteiger partial charge is 0.131 e. The molecule has 0 amide bonds. The molecule has 0 aliphatic rings. The topological polar surface area (TPSA) is 20.2 Å². The molecule has 0 bridgehead atoms. The Labute approximate surface area is 127 Å². The Balaban J connectivity index is 2.18. The van der Waals surface area contributed by atoms with E-state index in [9.17, 15) is 9.50 Å². The maximum atomic E-state index is 13.9. The summed E-state index contributed by atoms with van der Waals surface area (Å²) in [6, 6.07) is 18.1. The number of benzene rings is 3. The van der Waals surface area contributed by atoms with Gasteiger partial charge in [0.2, 0.25) is 0 Å². The van der Waals surface area contributed by atoms with Gasteiger partial charge in [0.25, 0.3) is 0 Å². The predicted molar refractivity (Wildman–Crippen MR) is 86.2 cm³/mol. The quantitative estimate of drug-likeness (QED) is 0.702. The highest BCUT2D eigenvalue weighted by Gasteiger charge is 2.17. The number of hydrogen-bond donors (Lipinski definition) is 1. The van der Waals surface area contributed by atoms with Gasteiger partial charge in [0, 0.05) is 10.3 Å². The summed E-state index contributed by atoms with van der Waals surface area (Å²) in [6.45, 7) is 0. The van der Waals surface area contributed by atoms with Crippen LogP contribution in [0.2, 0.25) is 0 Å². The molecular weight excluding hydrogens is 283 g/mol. The summed E-state index contributed by atoms with van der Waals surface area (Å²) in [6.07, 6.45) is 1.22. The van der Waals surface area contributed by atoms with Crippen LogP contribution in [0.4, 0.5) is 4.39 Å². The van der Waals surface area contributed by atoms with Crippen LogP contribution in [0, 0.1) is 5.82 Å². The lowest BCUT2D eigenvalue weighted by Gasteiger charge is -2.17. The van der Waals surface area contributed by atoms with E-state index in [0.717, 1.165) is 21.4 Å². The van der Waals surface area contributed by atoms with Crippen LogP contribution in [-0.2, 0) is 0 Å². The Kier molecular flexibility index (Phi) is 3.95. The van der Waals surface area contributed by atoms with Gasteiger partial charge in [-0.2, -0.15) is 0 Å². The third-order valence-corrected chi connectivity index (χ3v) is 4.44. The van der Waals surface area contributed by atoms with Crippen molar-refractivity contribution < 1.29 is 9.50 Å². The molecular formula is C18H15FOS. The zero-order valence-corrected chi connectivity index (χ0v) is 12.4. The first-order valence-corrected chi connectivity index (χ1v) is 7.93. The molecule has 0 fully saturated rings. The van der Waals surface area contributed by atoms with Crippen molar-refractivity contribution in [2.45, 2.75) is 11.0 Å². The van der Waals surface area contributed by atoms with Gasteiger partial charge < -0.3 is 5.11 Å². The van der Waals surface area contributed by atoms with Crippen molar-refractivity contribution in [1.29, 1.82) is 0 Å². The van der Waals surface area contributed by atoms with Crippen LogP contribution < -0.4 is 0 Å². The second kappa shape index (κ2) is 5.88. The van der Waals surface area contributed by atoms with E-state index in [1.807, 2.05) is 42.7 Å². The number of rotatable bonds is 3. The van der Waals surface area contributed by atoms with E-state index in [0.29, 0.717) is 5.39 Å². The minimum atomic E-state index is -0.765. The molecule has 3 rings (SSSR count). The number of aliphatic hydroxyl groups is 1. The molecule has 0 aliphatic carbocycles. The van der Waals surface area contributed by atoms with Gasteiger partial charge in [-0.25, -0.2) is 4.39 Å². The van der Waals surface area contributed by atoms with Crippen molar-refractivity contribution in [2.24, 2.45) is 0 Å². The van der Waals surface area contributed by atoms with Crippen molar-refractivity contribution in [2.75, 3.05) is 6.26 Å². The molecule has 106 valence electrons. The molecule has 0 heterocycles. The minimum absolute atomic E-state index is 0.264. The van der Waals surface area contributed by atoms with Crippen LogP contribution in [-0.4, -0.2) is 11.4 Å². The highest BCUT2D eigenvalue weighted by Crippen LogP contribution is 2.34. The first kappa shape index (κ1) is 14.1. The third kappa shape index (κ3) is 2.55. The summed E-state index contributed by atoms with van der Waals surface area (Å²) in [5.41, 5.74) is 1.58. The van der Waals surface area contributed by atoms with Gasteiger partial charge in [0.05, 0.1) is 0 Å². The zero-order chi connectivity index (χ0) is 14.8. The fourth-order valence-corrected chi connectivity index (χ4v) is 3.21.